The van der Waals surface area contributed by atoms with Crippen LogP contribution in [0.2, 0.25) is 0 Å². The summed E-state index contributed by atoms with van der Waals surface area (Å²) in [4.78, 5) is 24.3. The van der Waals surface area contributed by atoms with E-state index >= 15 is 0 Å². The SMILES string of the molecule is Cc1ccc(OCC(=O)NNC(=O)C2(c3ccccc3)CC2)cc1C. The zero-order valence-electron chi connectivity index (χ0n) is 14.5. The molecule has 0 atom stereocenters. The number of rotatable bonds is 5. The first-order valence-electron chi connectivity index (χ1n) is 8.36. The molecule has 0 spiro atoms. The molecule has 25 heavy (non-hydrogen) atoms. The van der Waals surface area contributed by atoms with Crippen LogP contribution in [0.25, 0.3) is 0 Å². The first-order valence-corrected chi connectivity index (χ1v) is 8.36. The lowest BCUT2D eigenvalue weighted by molar-refractivity contribution is -0.131. The number of nitrogens with one attached hydrogen (secondary N) is 2. The van der Waals surface area contributed by atoms with Crippen LogP contribution >= 0.6 is 0 Å². The van der Waals surface area contributed by atoms with Crippen LogP contribution in [0.5, 0.6) is 5.75 Å². The van der Waals surface area contributed by atoms with Crippen LogP contribution in [-0.2, 0) is 15.0 Å². The number of benzene rings is 2. The molecule has 5 nitrogen and oxygen atoms in total. The zero-order chi connectivity index (χ0) is 17.9. The molecule has 5 heteroatoms. The Bertz CT molecular complexity index is 783. The molecule has 1 saturated carbocycles. The largest absolute Gasteiger partial charge is 0.484 e. The number of hydrogen-bond acceptors (Lipinski definition) is 3. The van der Waals surface area contributed by atoms with Crippen molar-refractivity contribution in [1.29, 1.82) is 0 Å². The Kier molecular flexibility index (Phi) is 4.74. The van der Waals surface area contributed by atoms with Crippen molar-refractivity contribution in [3.05, 3.63) is 65.2 Å². The number of carbonyl (C=O) groups excluding carboxylic acids is 2. The molecule has 0 saturated heterocycles. The number of ether oxygens (including phenoxy) is 1. The Hall–Kier alpha value is -2.82. The van der Waals surface area contributed by atoms with E-state index in [-0.39, 0.29) is 12.5 Å². The van der Waals surface area contributed by atoms with Crippen LogP contribution in [0.4, 0.5) is 0 Å². The molecule has 2 N–H and O–H groups in total. The fourth-order valence-electron chi connectivity index (χ4n) is 2.76. The van der Waals surface area contributed by atoms with Crippen LogP contribution in [0.1, 0.15) is 29.5 Å². The summed E-state index contributed by atoms with van der Waals surface area (Å²) in [6.45, 7) is 3.85. The van der Waals surface area contributed by atoms with Gasteiger partial charge in [-0.2, -0.15) is 0 Å². The van der Waals surface area contributed by atoms with Crippen molar-refractivity contribution in [3.63, 3.8) is 0 Å². The van der Waals surface area contributed by atoms with E-state index in [4.69, 9.17) is 4.74 Å². The smallest absolute Gasteiger partial charge is 0.276 e. The third kappa shape index (κ3) is 3.82. The highest BCUT2D eigenvalue weighted by atomic mass is 16.5. The summed E-state index contributed by atoms with van der Waals surface area (Å²) < 4.78 is 5.46. The number of hydrazine groups is 1. The van der Waals surface area contributed by atoms with Crippen LogP contribution in [0.3, 0.4) is 0 Å². The van der Waals surface area contributed by atoms with E-state index in [1.165, 1.54) is 5.56 Å². The maximum Gasteiger partial charge on any atom is 0.276 e. The Morgan fingerprint density at radius 1 is 1.00 bits per heavy atom. The summed E-state index contributed by atoms with van der Waals surface area (Å²) in [5, 5.41) is 0. The maximum absolute atomic E-state index is 12.4. The first-order chi connectivity index (χ1) is 12.0. The van der Waals surface area contributed by atoms with Crippen molar-refractivity contribution < 1.29 is 14.3 Å². The molecule has 0 heterocycles. The second kappa shape index (κ2) is 6.97. The van der Waals surface area contributed by atoms with Crippen LogP contribution in [0.15, 0.2) is 48.5 Å². The topological polar surface area (TPSA) is 67.4 Å². The summed E-state index contributed by atoms with van der Waals surface area (Å²) >= 11 is 0. The van der Waals surface area contributed by atoms with E-state index in [1.807, 2.05) is 62.4 Å². The van der Waals surface area contributed by atoms with Crippen molar-refractivity contribution >= 4 is 11.8 Å². The minimum Gasteiger partial charge on any atom is -0.484 e. The molecule has 1 aliphatic carbocycles. The molecule has 1 fully saturated rings. The van der Waals surface area contributed by atoms with Gasteiger partial charge in [-0.05, 0) is 55.5 Å². The lowest BCUT2D eigenvalue weighted by Gasteiger charge is -2.16. The Balaban J connectivity index is 1.49. The lowest BCUT2D eigenvalue weighted by Crippen LogP contribution is -2.48. The number of hydrogen-bond donors (Lipinski definition) is 2. The molecule has 2 aromatic rings. The molecular formula is C20H22N2O3. The van der Waals surface area contributed by atoms with Crippen LogP contribution in [-0.4, -0.2) is 18.4 Å². The minimum absolute atomic E-state index is 0.152. The van der Waals surface area contributed by atoms with Gasteiger partial charge in [0.05, 0.1) is 5.41 Å². The van der Waals surface area contributed by atoms with Crippen molar-refractivity contribution in [3.8, 4) is 5.75 Å². The van der Waals surface area contributed by atoms with E-state index in [9.17, 15) is 9.59 Å². The Morgan fingerprint density at radius 3 is 2.36 bits per heavy atom. The molecule has 0 aromatic heterocycles. The van der Waals surface area contributed by atoms with Gasteiger partial charge in [-0.1, -0.05) is 36.4 Å². The molecule has 0 unspecified atom stereocenters. The van der Waals surface area contributed by atoms with Gasteiger partial charge >= 0.3 is 0 Å². The summed E-state index contributed by atoms with van der Waals surface area (Å²) in [7, 11) is 0. The Labute approximate surface area is 147 Å². The van der Waals surface area contributed by atoms with E-state index in [2.05, 4.69) is 10.9 Å². The van der Waals surface area contributed by atoms with Crippen LogP contribution < -0.4 is 15.6 Å². The third-order valence-corrected chi connectivity index (χ3v) is 4.67. The summed E-state index contributed by atoms with van der Waals surface area (Å²) in [5.41, 5.74) is 7.69. The van der Waals surface area contributed by atoms with Gasteiger partial charge in [-0.3, -0.25) is 20.4 Å². The minimum atomic E-state index is -0.510. The average molecular weight is 338 g/mol. The zero-order valence-corrected chi connectivity index (χ0v) is 14.5. The average Bonchev–Trinajstić information content (AvgIpc) is 3.43. The molecule has 0 radical (unpaired) electrons. The van der Waals surface area contributed by atoms with Crippen LogP contribution in [0, 0.1) is 13.8 Å². The van der Waals surface area contributed by atoms with Gasteiger partial charge in [0, 0.05) is 0 Å². The van der Waals surface area contributed by atoms with Gasteiger partial charge in [0.1, 0.15) is 5.75 Å². The monoisotopic (exact) mass is 338 g/mol. The second-order valence-electron chi connectivity index (χ2n) is 6.49. The molecule has 0 aliphatic heterocycles. The van der Waals surface area contributed by atoms with Gasteiger partial charge in [0.15, 0.2) is 6.61 Å². The Morgan fingerprint density at radius 2 is 1.72 bits per heavy atom. The van der Waals surface area contributed by atoms with E-state index < -0.39 is 11.3 Å². The fourth-order valence-corrected chi connectivity index (χ4v) is 2.76. The van der Waals surface area contributed by atoms with Gasteiger partial charge in [0.25, 0.3) is 5.91 Å². The van der Waals surface area contributed by atoms with E-state index in [0.717, 1.165) is 24.0 Å². The summed E-state index contributed by atoms with van der Waals surface area (Å²) in [6, 6.07) is 15.3. The highest BCUT2D eigenvalue weighted by Crippen LogP contribution is 2.48. The summed E-state index contributed by atoms with van der Waals surface area (Å²) in [5.74, 6) is 0.0567. The molecule has 1 aliphatic rings. The predicted octanol–water partition coefficient (Wildman–Crippen LogP) is 2.56. The normalized spacial score (nSPS) is 14.5. The molecule has 0 bridgehead atoms. The summed E-state index contributed by atoms with van der Waals surface area (Å²) in [6.07, 6.45) is 1.58. The van der Waals surface area contributed by atoms with Crippen molar-refractivity contribution in [2.24, 2.45) is 0 Å². The molecule has 2 aromatic carbocycles. The fraction of sp³-hybridized carbons (Fsp3) is 0.300. The van der Waals surface area contributed by atoms with E-state index in [0.29, 0.717) is 5.75 Å². The van der Waals surface area contributed by atoms with Gasteiger partial charge in [-0.25, -0.2) is 0 Å². The molecule has 2 amide bonds. The molecular weight excluding hydrogens is 316 g/mol. The predicted molar refractivity (Wildman–Crippen MR) is 95.1 cm³/mol. The lowest BCUT2D eigenvalue weighted by atomic mass is 9.95. The third-order valence-electron chi connectivity index (χ3n) is 4.67. The van der Waals surface area contributed by atoms with Crippen molar-refractivity contribution in [2.75, 3.05) is 6.61 Å². The number of amides is 2. The molecule has 130 valence electrons. The van der Waals surface area contributed by atoms with Crippen molar-refractivity contribution in [2.45, 2.75) is 32.1 Å². The second-order valence-corrected chi connectivity index (χ2v) is 6.49. The molecule has 3 rings (SSSR count). The highest BCUT2D eigenvalue weighted by molar-refractivity contribution is 5.92. The first kappa shape index (κ1) is 17.0. The highest BCUT2D eigenvalue weighted by Gasteiger charge is 2.51. The van der Waals surface area contributed by atoms with Gasteiger partial charge in [-0.15, -0.1) is 0 Å². The standard InChI is InChI=1S/C20H22N2O3/c1-14-8-9-17(12-15(14)2)25-13-18(23)21-22-19(24)20(10-11-20)16-6-4-3-5-7-16/h3-9,12H,10-11,13H2,1-2H3,(H,21,23)(H,22,24). The van der Waals surface area contributed by atoms with Gasteiger partial charge in [0.2, 0.25) is 5.91 Å². The van der Waals surface area contributed by atoms with Crippen molar-refractivity contribution in [1.82, 2.24) is 10.9 Å². The van der Waals surface area contributed by atoms with E-state index in [1.54, 1.807) is 0 Å². The maximum atomic E-state index is 12.4. The van der Waals surface area contributed by atoms with Gasteiger partial charge < -0.3 is 4.74 Å². The number of carbonyl (C=O) groups is 2. The quantitative estimate of drug-likeness (QED) is 0.824. The number of aryl methyl sites for hydroxylation is 2.